The van der Waals surface area contributed by atoms with Gasteiger partial charge < -0.3 is 4.74 Å². The largest absolute Gasteiger partial charge is 0.469 e. The van der Waals surface area contributed by atoms with Crippen LogP contribution in [0.3, 0.4) is 0 Å². The van der Waals surface area contributed by atoms with E-state index in [1.165, 1.54) is 24.7 Å². The molecule has 3 rings (SSSR count). The van der Waals surface area contributed by atoms with Crippen LogP contribution < -0.4 is 0 Å². The summed E-state index contributed by atoms with van der Waals surface area (Å²) in [4.78, 5) is 15.1. The SMILES string of the molecule is C/C=C/CN1C2CCC1C(C(=O)OC)C(c1ccc(C)cc1)C2. The average Bonchev–Trinajstić information content (AvgIpc) is 2.84. The van der Waals surface area contributed by atoms with Crippen molar-refractivity contribution in [1.82, 2.24) is 4.90 Å². The maximum Gasteiger partial charge on any atom is 0.310 e. The van der Waals surface area contributed by atoms with Crippen LogP contribution in [0.5, 0.6) is 0 Å². The number of piperidine rings is 1. The predicted molar refractivity (Wildman–Crippen MR) is 92.4 cm³/mol. The van der Waals surface area contributed by atoms with E-state index < -0.39 is 0 Å². The second kappa shape index (κ2) is 6.88. The topological polar surface area (TPSA) is 29.5 Å². The Bertz CT molecular complexity index is 578. The lowest BCUT2D eigenvalue weighted by Crippen LogP contribution is -2.50. The number of methoxy groups -OCH3 is 1. The Balaban J connectivity index is 1.91. The van der Waals surface area contributed by atoms with E-state index in [1.807, 2.05) is 0 Å². The van der Waals surface area contributed by atoms with Crippen molar-refractivity contribution in [3.8, 4) is 0 Å². The summed E-state index contributed by atoms with van der Waals surface area (Å²) in [5.41, 5.74) is 2.55. The summed E-state index contributed by atoms with van der Waals surface area (Å²) < 4.78 is 5.18. The summed E-state index contributed by atoms with van der Waals surface area (Å²) in [7, 11) is 1.52. The smallest absolute Gasteiger partial charge is 0.310 e. The Kier molecular flexibility index (Phi) is 4.86. The molecule has 4 unspecified atom stereocenters. The van der Waals surface area contributed by atoms with E-state index in [0.29, 0.717) is 12.1 Å². The zero-order valence-corrected chi connectivity index (χ0v) is 14.4. The van der Waals surface area contributed by atoms with Gasteiger partial charge in [-0.3, -0.25) is 9.69 Å². The first-order valence-corrected chi connectivity index (χ1v) is 8.67. The van der Waals surface area contributed by atoms with Crippen molar-refractivity contribution in [3.05, 3.63) is 47.5 Å². The zero-order valence-electron chi connectivity index (χ0n) is 14.4. The second-order valence-corrected chi connectivity index (χ2v) is 6.87. The Labute approximate surface area is 139 Å². The molecule has 2 fully saturated rings. The lowest BCUT2D eigenvalue weighted by molar-refractivity contribution is -0.150. The van der Waals surface area contributed by atoms with Gasteiger partial charge in [-0.25, -0.2) is 0 Å². The summed E-state index contributed by atoms with van der Waals surface area (Å²) in [5, 5.41) is 0. The van der Waals surface area contributed by atoms with Gasteiger partial charge in [0.25, 0.3) is 0 Å². The number of ether oxygens (including phenoxy) is 1. The van der Waals surface area contributed by atoms with E-state index in [1.54, 1.807) is 0 Å². The number of fused-ring (bicyclic) bond motifs is 2. The first-order valence-electron chi connectivity index (χ1n) is 8.67. The third-order valence-corrected chi connectivity index (χ3v) is 5.60. The normalized spacial score (nSPS) is 30.7. The molecule has 0 N–H and O–H groups in total. The number of hydrogen-bond donors (Lipinski definition) is 0. The number of hydrogen-bond acceptors (Lipinski definition) is 3. The quantitative estimate of drug-likeness (QED) is 0.627. The van der Waals surface area contributed by atoms with E-state index in [2.05, 4.69) is 55.2 Å². The summed E-state index contributed by atoms with van der Waals surface area (Å²) in [6.45, 7) is 5.10. The number of rotatable bonds is 4. The van der Waals surface area contributed by atoms with Crippen LogP contribution >= 0.6 is 0 Å². The molecule has 124 valence electrons. The third-order valence-electron chi connectivity index (χ3n) is 5.60. The number of nitrogens with zero attached hydrogens (tertiary/aromatic N) is 1. The summed E-state index contributed by atoms with van der Waals surface area (Å²) in [6, 6.07) is 9.58. The molecule has 0 saturated carbocycles. The molecule has 2 heterocycles. The highest BCUT2D eigenvalue weighted by Crippen LogP contribution is 2.47. The Morgan fingerprint density at radius 1 is 1.30 bits per heavy atom. The van der Waals surface area contributed by atoms with E-state index in [4.69, 9.17) is 4.74 Å². The molecule has 0 aliphatic carbocycles. The minimum absolute atomic E-state index is 0.0493. The molecular weight excluding hydrogens is 286 g/mol. The molecule has 0 radical (unpaired) electrons. The molecule has 3 nitrogen and oxygen atoms in total. The Morgan fingerprint density at radius 3 is 2.70 bits per heavy atom. The highest BCUT2D eigenvalue weighted by molar-refractivity contribution is 5.75. The van der Waals surface area contributed by atoms with E-state index in [-0.39, 0.29) is 17.8 Å². The maximum atomic E-state index is 12.6. The van der Waals surface area contributed by atoms with Crippen molar-refractivity contribution in [2.45, 2.75) is 51.1 Å². The fraction of sp³-hybridized carbons (Fsp3) is 0.550. The molecule has 1 aromatic carbocycles. The van der Waals surface area contributed by atoms with Gasteiger partial charge in [-0.2, -0.15) is 0 Å². The minimum Gasteiger partial charge on any atom is -0.469 e. The number of carbonyl (C=O) groups is 1. The third kappa shape index (κ3) is 3.07. The fourth-order valence-electron chi connectivity index (χ4n) is 4.44. The van der Waals surface area contributed by atoms with Gasteiger partial charge in [0.1, 0.15) is 0 Å². The number of benzene rings is 1. The van der Waals surface area contributed by atoms with Crippen LogP contribution in [0.1, 0.15) is 43.2 Å². The predicted octanol–water partition coefficient (Wildman–Crippen LogP) is 3.68. The molecule has 4 atom stereocenters. The molecule has 1 aromatic rings. The molecule has 2 saturated heterocycles. The van der Waals surface area contributed by atoms with Gasteiger partial charge in [0.05, 0.1) is 13.0 Å². The molecular formula is C20H27NO2. The van der Waals surface area contributed by atoms with Gasteiger partial charge in [0.2, 0.25) is 0 Å². The summed E-state index contributed by atoms with van der Waals surface area (Å²) >= 11 is 0. The number of allylic oxidation sites excluding steroid dienone is 1. The lowest BCUT2D eigenvalue weighted by atomic mass is 9.76. The van der Waals surface area contributed by atoms with Gasteiger partial charge >= 0.3 is 5.97 Å². The fourth-order valence-corrected chi connectivity index (χ4v) is 4.44. The molecule has 0 spiro atoms. The first-order chi connectivity index (χ1) is 11.2. The molecule has 2 aliphatic heterocycles. The van der Waals surface area contributed by atoms with Gasteiger partial charge in [-0.05, 0) is 38.7 Å². The number of carbonyl (C=O) groups excluding carboxylic acids is 1. The second-order valence-electron chi connectivity index (χ2n) is 6.87. The molecule has 0 amide bonds. The van der Waals surface area contributed by atoms with Gasteiger partial charge in [0.15, 0.2) is 0 Å². The van der Waals surface area contributed by atoms with Crippen LogP contribution in [0.15, 0.2) is 36.4 Å². The standard InChI is InChI=1S/C20H27NO2/c1-4-5-12-21-16-10-11-18(21)19(20(22)23-3)17(13-16)15-8-6-14(2)7-9-15/h4-9,16-19H,10-13H2,1-3H3/b5-4+. The van der Waals surface area contributed by atoms with Gasteiger partial charge in [0, 0.05) is 24.5 Å². The highest BCUT2D eigenvalue weighted by atomic mass is 16.5. The van der Waals surface area contributed by atoms with E-state index in [0.717, 1.165) is 19.4 Å². The maximum absolute atomic E-state index is 12.6. The monoisotopic (exact) mass is 313 g/mol. The first kappa shape index (κ1) is 16.3. The van der Waals surface area contributed by atoms with Crippen LogP contribution in [0.25, 0.3) is 0 Å². The molecule has 0 aromatic heterocycles. The highest BCUT2D eigenvalue weighted by Gasteiger charge is 2.50. The van der Waals surface area contributed by atoms with Gasteiger partial charge in [-0.1, -0.05) is 42.0 Å². The minimum atomic E-state index is -0.0496. The number of aryl methyl sites for hydroxylation is 1. The van der Waals surface area contributed by atoms with Crippen LogP contribution in [0, 0.1) is 12.8 Å². The van der Waals surface area contributed by atoms with Crippen LogP contribution in [-0.2, 0) is 9.53 Å². The summed E-state index contributed by atoms with van der Waals surface area (Å²) in [6.07, 6.45) is 7.64. The molecule has 2 aliphatic rings. The van der Waals surface area contributed by atoms with Crippen molar-refractivity contribution < 1.29 is 9.53 Å². The van der Waals surface area contributed by atoms with Crippen molar-refractivity contribution in [2.24, 2.45) is 5.92 Å². The zero-order chi connectivity index (χ0) is 16.4. The van der Waals surface area contributed by atoms with Crippen molar-refractivity contribution in [3.63, 3.8) is 0 Å². The van der Waals surface area contributed by atoms with Crippen molar-refractivity contribution in [1.29, 1.82) is 0 Å². The van der Waals surface area contributed by atoms with Crippen LogP contribution in [0.4, 0.5) is 0 Å². The molecule has 2 bridgehead atoms. The van der Waals surface area contributed by atoms with Crippen molar-refractivity contribution in [2.75, 3.05) is 13.7 Å². The summed E-state index contributed by atoms with van der Waals surface area (Å²) in [5.74, 6) is 0.181. The van der Waals surface area contributed by atoms with Crippen LogP contribution in [0.2, 0.25) is 0 Å². The van der Waals surface area contributed by atoms with Crippen LogP contribution in [-0.4, -0.2) is 36.6 Å². The van der Waals surface area contributed by atoms with Crippen molar-refractivity contribution >= 4 is 5.97 Å². The Morgan fingerprint density at radius 2 is 2.04 bits per heavy atom. The molecule has 23 heavy (non-hydrogen) atoms. The molecule has 3 heteroatoms. The van der Waals surface area contributed by atoms with Gasteiger partial charge in [-0.15, -0.1) is 0 Å². The Hall–Kier alpha value is -1.61. The number of esters is 1. The van der Waals surface area contributed by atoms with E-state index >= 15 is 0 Å². The lowest BCUT2D eigenvalue weighted by Gasteiger charge is -2.43. The average molecular weight is 313 g/mol. The van der Waals surface area contributed by atoms with E-state index in [9.17, 15) is 4.79 Å².